The minimum Gasteiger partial charge on any atom is -0.352 e. The Kier molecular flexibility index (Phi) is 5.20. The molecular weight excluding hydrogens is 266 g/mol. The molecule has 0 aromatic heterocycles. The Morgan fingerprint density at radius 1 is 1.14 bits per heavy atom. The third-order valence-electron chi connectivity index (χ3n) is 4.04. The molecule has 1 aromatic carbocycles. The lowest BCUT2D eigenvalue weighted by Gasteiger charge is -2.43. The van der Waals surface area contributed by atoms with Gasteiger partial charge in [0.15, 0.2) is 0 Å². The summed E-state index contributed by atoms with van der Waals surface area (Å²) < 4.78 is 0. The van der Waals surface area contributed by atoms with Crippen LogP contribution in [0.4, 0.5) is 4.79 Å². The van der Waals surface area contributed by atoms with Crippen molar-refractivity contribution in [2.45, 2.75) is 44.1 Å². The van der Waals surface area contributed by atoms with Crippen LogP contribution in [0.5, 0.6) is 0 Å². The average Bonchev–Trinajstić information content (AvgIpc) is 2.43. The lowest BCUT2D eigenvalue weighted by atomic mass is 9.71. The predicted molar refractivity (Wildman–Crippen MR) is 81.6 cm³/mol. The highest BCUT2D eigenvalue weighted by atomic mass is 16.2. The number of carbonyl (C=O) groups is 2. The number of unbranched alkanes of at least 4 members (excludes halogenated alkanes) is 1. The van der Waals surface area contributed by atoms with E-state index in [1.54, 1.807) is 0 Å². The quantitative estimate of drug-likeness (QED) is 0.671. The van der Waals surface area contributed by atoms with E-state index in [-0.39, 0.29) is 11.4 Å². The van der Waals surface area contributed by atoms with Gasteiger partial charge in [-0.05, 0) is 37.7 Å². The van der Waals surface area contributed by atoms with Crippen LogP contribution < -0.4 is 16.4 Å². The van der Waals surface area contributed by atoms with E-state index in [1.807, 2.05) is 18.2 Å². The van der Waals surface area contributed by atoms with Crippen molar-refractivity contribution < 1.29 is 9.59 Å². The Bertz CT molecular complexity index is 484. The van der Waals surface area contributed by atoms with Gasteiger partial charge in [0, 0.05) is 13.0 Å². The minimum absolute atomic E-state index is 0.0811. The van der Waals surface area contributed by atoms with Gasteiger partial charge in [-0.25, -0.2) is 4.79 Å². The van der Waals surface area contributed by atoms with E-state index < -0.39 is 6.03 Å². The van der Waals surface area contributed by atoms with E-state index in [0.29, 0.717) is 13.0 Å². The number of rotatable bonds is 7. The topological polar surface area (TPSA) is 84.2 Å². The lowest BCUT2D eigenvalue weighted by molar-refractivity contribution is -0.124. The van der Waals surface area contributed by atoms with Crippen molar-refractivity contribution >= 4 is 11.9 Å². The molecule has 0 saturated heterocycles. The SMILES string of the molecule is NC(=O)NCCCCC(=O)NC1(c2ccccc2)CCC1. The molecule has 1 aliphatic carbocycles. The summed E-state index contributed by atoms with van der Waals surface area (Å²) in [6.07, 6.45) is 5.15. The molecule has 2 rings (SSSR count). The first-order valence-electron chi connectivity index (χ1n) is 7.52. The van der Waals surface area contributed by atoms with Crippen LogP contribution in [0.2, 0.25) is 0 Å². The highest BCUT2D eigenvalue weighted by molar-refractivity contribution is 5.77. The highest BCUT2D eigenvalue weighted by Gasteiger charge is 2.39. The molecule has 0 aliphatic heterocycles. The van der Waals surface area contributed by atoms with Gasteiger partial charge in [-0.2, -0.15) is 0 Å². The Morgan fingerprint density at radius 3 is 2.43 bits per heavy atom. The van der Waals surface area contributed by atoms with E-state index in [4.69, 9.17) is 5.73 Å². The largest absolute Gasteiger partial charge is 0.352 e. The second kappa shape index (κ2) is 7.11. The Labute approximate surface area is 125 Å². The van der Waals surface area contributed by atoms with Gasteiger partial charge < -0.3 is 16.4 Å². The molecule has 3 amide bonds. The number of primary amides is 1. The Hall–Kier alpha value is -2.04. The molecule has 4 N–H and O–H groups in total. The molecule has 0 heterocycles. The molecule has 1 aliphatic rings. The van der Waals surface area contributed by atoms with Crippen LogP contribution in [0.3, 0.4) is 0 Å². The molecule has 0 unspecified atom stereocenters. The summed E-state index contributed by atoms with van der Waals surface area (Å²) in [5.74, 6) is 0.0811. The monoisotopic (exact) mass is 289 g/mol. The van der Waals surface area contributed by atoms with Crippen molar-refractivity contribution in [3.63, 3.8) is 0 Å². The summed E-state index contributed by atoms with van der Waals surface area (Å²) in [4.78, 5) is 22.6. The Morgan fingerprint density at radius 2 is 1.86 bits per heavy atom. The summed E-state index contributed by atoms with van der Waals surface area (Å²) in [7, 11) is 0. The van der Waals surface area contributed by atoms with Crippen LogP contribution in [0.25, 0.3) is 0 Å². The molecule has 1 fully saturated rings. The van der Waals surface area contributed by atoms with Crippen LogP contribution in [-0.2, 0) is 10.3 Å². The molecule has 5 heteroatoms. The van der Waals surface area contributed by atoms with Crippen molar-refractivity contribution in [2.24, 2.45) is 5.73 Å². The summed E-state index contributed by atoms with van der Waals surface area (Å²) in [6, 6.07) is 9.65. The average molecular weight is 289 g/mol. The molecule has 21 heavy (non-hydrogen) atoms. The molecule has 1 saturated carbocycles. The third-order valence-corrected chi connectivity index (χ3v) is 4.04. The molecule has 0 spiro atoms. The van der Waals surface area contributed by atoms with Gasteiger partial charge in [0.05, 0.1) is 5.54 Å². The second-order valence-corrected chi connectivity index (χ2v) is 5.60. The standard InChI is InChI=1S/C16H23N3O2/c17-15(21)18-12-5-4-9-14(20)19-16(10-6-11-16)13-7-2-1-3-8-13/h1-3,7-8H,4-6,9-12H2,(H,19,20)(H3,17,18,21). The van der Waals surface area contributed by atoms with E-state index in [0.717, 1.165) is 32.1 Å². The van der Waals surface area contributed by atoms with Gasteiger partial charge in [0.2, 0.25) is 5.91 Å². The molecular formula is C16H23N3O2. The smallest absolute Gasteiger partial charge is 0.312 e. The van der Waals surface area contributed by atoms with Crippen LogP contribution in [-0.4, -0.2) is 18.5 Å². The lowest BCUT2D eigenvalue weighted by Crippen LogP contribution is -2.50. The number of nitrogens with one attached hydrogen (secondary N) is 2. The van der Waals surface area contributed by atoms with Crippen molar-refractivity contribution in [3.05, 3.63) is 35.9 Å². The first kappa shape index (κ1) is 15.4. The van der Waals surface area contributed by atoms with Crippen LogP contribution in [0, 0.1) is 0 Å². The summed E-state index contributed by atoms with van der Waals surface area (Å²) >= 11 is 0. The molecule has 1 aromatic rings. The number of urea groups is 1. The highest BCUT2D eigenvalue weighted by Crippen LogP contribution is 2.41. The normalized spacial score (nSPS) is 15.8. The van der Waals surface area contributed by atoms with E-state index in [9.17, 15) is 9.59 Å². The third kappa shape index (κ3) is 4.21. The van der Waals surface area contributed by atoms with Gasteiger partial charge in [-0.3, -0.25) is 4.79 Å². The first-order chi connectivity index (χ1) is 10.1. The maximum Gasteiger partial charge on any atom is 0.312 e. The van der Waals surface area contributed by atoms with E-state index in [2.05, 4.69) is 22.8 Å². The fourth-order valence-electron chi connectivity index (χ4n) is 2.72. The summed E-state index contributed by atoms with van der Waals surface area (Å²) in [5, 5.41) is 5.72. The summed E-state index contributed by atoms with van der Waals surface area (Å²) in [6.45, 7) is 0.520. The van der Waals surface area contributed by atoms with Crippen LogP contribution in [0.15, 0.2) is 30.3 Å². The number of hydrogen-bond donors (Lipinski definition) is 3. The zero-order valence-electron chi connectivity index (χ0n) is 12.2. The Balaban J connectivity index is 1.77. The number of hydrogen-bond acceptors (Lipinski definition) is 2. The molecule has 0 atom stereocenters. The zero-order valence-corrected chi connectivity index (χ0v) is 12.2. The maximum atomic E-state index is 12.1. The molecule has 0 bridgehead atoms. The fourth-order valence-corrected chi connectivity index (χ4v) is 2.72. The van der Waals surface area contributed by atoms with Gasteiger partial charge >= 0.3 is 6.03 Å². The number of amides is 3. The van der Waals surface area contributed by atoms with E-state index >= 15 is 0 Å². The van der Waals surface area contributed by atoms with Gasteiger partial charge in [-0.15, -0.1) is 0 Å². The van der Waals surface area contributed by atoms with Crippen LogP contribution in [0.1, 0.15) is 44.1 Å². The molecule has 5 nitrogen and oxygen atoms in total. The maximum absolute atomic E-state index is 12.1. The van der Waals surface area contributed by atoms with Crippen molar-refractivity contribution in [2.75, 3.05) is 6.54 Å². The second-order valence-electron chi connectivity index (χ2n) is 5.60. The zero-order chi connectivity index (χ0) is 15.1. The predicted octanol–water partition coefficient (Wildman–Crippen LogP) is 2.02. The van der Waals surface area contributed by atoms with Gasteiger partial charge in [-0.1, -0.05) is 30.3 Å². The first-order valence-corrected chi connectivity index (χ1v) is 7.52. The number of benzene rings is 1. The number of nitrogens with two attached hydrogens (primary N) is 1. The van der Waals surface area contributed by atoms with E-state index in [1.165, 1.54) is 5.56 Å². The van der Waals surface area contributed by atoms with Gasteiger partial charge in [0.1, 0.15) is 0 Å². The fraction of sp³-hybridized carbons (Fsp3) is 0.500. The number of carbonyl (C=O) groups excluding carboxylic acids is 2. The molecule has 0 radical (unpaired) electrons. The van der Waals surface area contributed by atoms with Crippen molar-refractivity contribution in [1.82, 2.24) is 10.6 Å². The summed E-state index contributed by atoms with van der Waals surface area (Å²) in [5.41, 5.74) is 6.01. The molecule has 114 valence electrons. The van der Waals surface area contributed by atoms with Crippen molar-refractivity contribution in [1.29, 1.82) is 0 Å². The minimum atomic E-state index is -0.517. The van der Waals surface area contributed by atoms with Gasteiger partial charge in [0.25, 0.3) is 0 Å². The van der Waals surface area contributed by atoms with Crippen molar-refractivity contribution in [3.8, 4) is 0 Å². The van der Waals surface area contributed by atoms with Crippen LogP contribution >= 0.6 is 0 Å².